The fourth-order valence-electron chi connectivity index (χ4n) is 1.91. The first-order valence-corrected chi connectivity index (χ1v) is 6.55. The first-order valence-electron chi connectivity index (χ1n) is 5.76. The van der Waals surface area contributed by atoms with E-state index in [0.29, 0.717) is 4.47 Å². The molecule has 1 atom stereocenters. The average Bonchev–Trinajstić information content (AvgIpc) is 2.30. The van der Waals surface area contributed by atoms with Gasteiger partial charge >= 0.3 is 0 Å². The molecule has 0 saturated heterocycles. The molecule has 0 amide bonds. The molecule has 2 aromatic rings. The van der Waals surface area contributed by atoms with Crippen LogP contribution in [0.4, 0.5) is 4.39 Å². The first-order chi connectivity index (χ1) is 8.47. The zero-order chi connectivity index (χ0) is 13.3. The van der Waals surface area contributed by atoms with E-state index in [1.165, 1.54) is 23.3 Å². The quantitative estimate of drug-likeness (QED) is 0.881. The summed E-state index contributed by atoms with van der Waals surface area (Å²) < 4.78 is 14.1. The van der Waals surface area contributed by atoms with E-state index in [4.69, 9.17) is 5.73 Å². The third-order valence-electron chi connectivity index (χ3n) is 3.13. The van der Waals surface area contributed by atoms with Gasteiger partial charge in [-0.25, -0.2) is 4.39 Å². The van der Waals surface area contributed by atoms with Gasteiger partial charge in [-0.2, -0.15) is 0 Å². The van der Waals surface area contributed by atoms with Gasteiger partial charge in [-0.05, 0) is 54.3 Å². The lowest BCUT2D eigenvalue weighted by Gasteiger charge is -2.14. The zero-order valence-electron chi connectivity index (χ0n) is 10.4. The smallest absolute Gasteiger partial charge is 0.124 e. The van der Waals surface area contributed by atoms with Crippen molar-refractivity contribution in [1.29, 1.82) is 0 Å². The summed E-state index contributed by atoms with van der Waals surface area (Å²) in [6.07, 6.45) is 0. The third kappa shape index (κ3) is 2.79. The van der Waals surface area contributed by atoms with Crippen molar-refractivity contribution < 1.29 is 4.39 Å². The second-order valence-electron chi connectivity index (χ2n) is 4.52. The lowest BCUT2D eigenvalue weighted by Crippen LogP contribution is -2.12. The molecule has 2 rings (SSSR count). The minimum Gasteiger partial charge on any atom is -0.320 e. The summed E-state index contributed by atoms with van der Waals surface area (Å²) in [5.74, 6) is -0.279. The van der Waals surface area contributed by atoms with Crippen LogP contribution in [-0.2, 0) is 0 Å². The molecule has 18 heavy (non-hydrogen) atoms. The highest BCUT2D eigenvalue weighted by Gasteiger charge is 2.11. The number of aryl methyl sites for hydroxylation is 2. The Kier molecular flexibility index (Phi) is 3.83. The number of hydrogen-bond acceptors (Lipinski definition) is 1. The number of rotatable bonds is 2. The molecule has 0 aliphatic heterocycles. The Balaban J connectivity index is 2.40. The molecule has 0 radical (unpaired) electrons. The highest BCUT2D eigenvalue weighted by molar-refractivity contribution is 9.10. The molecular formula is C15H15BrFN. The monoisotopic (exact) mass is 307 g/mol. The van der Waals surface area contributed by atoms with E-state index in [9.17, 15) is 4.39 Å². The third-order valence-corrected chi connectivity index (χ3v) is 3.59. The first kappa shape index (κ1) is 13.2. The van der Waals surface area contributed by atoms with Gasteiger partial charge in [0.2, 0.25) is 0 Å². The van der Waals surface area contributed by atoms with E-state index < -0.39 is 0 Å². The summed E-state index contributed by atoms with van der Waals surface area (Å²) in [7, 11) is 0. The molecule has 0 aromatic heterocycles. The molecule has 1 nitrogen and oxygen atoms in total. The van der Waals surface area contributed by atoms with Gasteiger partial charge < -0.3 is 5.73 Å². The summed E-state index contributed by atoms with van der Waals surface area (Å²) in [4.78, 5) is 0. The lowest BCUT2D eigenvalue weighted by molar-refractivity contribution is 0.622. The van der Waals surface area contributed by atoms with E-state index in [1.807, 2.05) is 25.1 Å². The maximum atomic E-state index is 13.4. The highest BCUT2D eigenvalue weighted by atomic mass is 79.9. The van der Waals surface area contributed by atoms with Gasteiger partial charge in [0.05, 0.1) is 6.04 Å². The fourth-order valence-corrected chi connectivity index (χ4v) is 2.39. The molecule has 0 fully saturated rings. The van der Waals surface area contributed by atoms with Crippen LogP contribution in [-0.4, -0.2) is 0 Å². The number of nitrogens with two attached hydrogens (primary N) is 1. The van der Waals surface area contributed by atoms with Gasteiger partial charge in [-0.15, -0.1) is 0 Å². The van der Waals surface area contributed by atoms with Crippen molar-refractivity contribution in [2.24, 2.45) is 5.73 Å². The standard InChI is InChI=1S/C15H15BrFN/c1-9-3-4-11(5-10(9)2)15(18)12-6-13(16)8-14(17)7-12/h3-8,15H,18H2,1-2H3. The molecule has 2 aromatic carbocycles. The number of halogens is 2. The largest absolute Gasteiger partial charge is 0.320 e. The minimum atomic E-state index is -0.309. The predicted octanol–water partition coefficient (Wildman–Crippen LogP) is 4.25. The van der Waals surface area contributed by atoms with Crippen LogP contribution in [0.1, 0.15) is 28.3 Å². The second-order valence-corrected chi connectivity index (χ2v) is 5.44. The van der Waals surface area contributed by atoms with Crippen molar-refractivity contribution in [1.82, 2.24) is 0 Å². The van der Waals surface area contributed by atoms with E-state index in [1.54, 1.807) is 0 Å². The zero-order valence-corrected chi connectivity index (χ0v) is 12.0. The van der Waals surface area contributed by atoms with E-state index in [2.05, 4.69) is 28.9 Å². The van der Waals surface area contributed by atoms with Crippen molar-refractivity contribution >= 4 is 15.9 Å². The van der Waals surface area contributed by atoms with Crippen molar-refractivity contribution in [2.75, 3.05) is 0 Å². The molecule has 94 valence electrons. The van der Waals surface area contributed by atoms with E-state index >= 15 is 0 Å². The van der Waals surface area contributed by atoms with Crippen LogP contribution in [0.25, 0.3) is 0 Å². The molecule has 0 bridgehead atoms. The van der Waals surface area contributed by atoms with Crippen molar-refractivity contribution in [3.63, 3.8) is 0 Å². The Hall–Kier alpha value is -1.19. The van der Waals surface area contributed by atoms with Crippen LogP contribution in [0.5, 0.6) is 0 Å². The Morgan fingerprint density at radius 1 is 1.00 bits per heavy atom. The number of benzene rings is 2. The van der Waals surface area contributed by atoms with Gasteiger partial charge in [0.15, 0.2) is 0 Å². The topological polar surface area (TPSA) is 26.0 Å². The minimum absolute atomic E-state index is 0.279. The molecule has 0 spiro atoms. The van der Waals surface area contributed by atoms with Gasteiger partial charge in [0.1, 0.15) is 5.82 Å². The SMILES string of the molecule is Cc1ccc(C(N)c2cc(F)cc(Br)c2)cc1C. The van der Waals surface area contributed by atoms with Crippen LogP contribution >= 0.6 is 15.9 Å². The van der Waals surface area contributed by atoms with Crippen LogP contribution in [0.2, 0.25) is 0 Å². The summed E-state index contributed by atoms with van der Waals surface area (Å²) >= 11 is 3.28. The molecule has 0 aliphatic carbocycles. The molecule has 0 saturated carbocycles. The molecule has 2 N–H and O–H groups in total. The predicted molar refractivity (Wildman–Crippen MR) is 76.0 cm³/mol. The van der Waals surface area contributed by atoms with Gasteiger partial charge in [0.25, 0.3) is 0 Å². The maximum Gasteiger partial charge on any atom is 0.124 e. The Morgan fingerprint density at radius 2 is 1.72 bits per heavy atom. The summed E-state index contributed by atoms with van der Waals surface area (Å²) in [6, 6.07) is 10.5. The van der Waals surface area contributed by atoms with Crippen LogP contribution in [0, 0.1) is 19.7 Å². The van der Waals surface area contributed by atoms with Crippen molar-refractivity contribution in [2.45, 2.75) is 19.9 Å². The van der Waals surface area contributed by atoms with Gasteiger partial charge in [0, 0.05) is 4.47 Å². The molecule has 1 unspecified atom stereocenters. The Labute approximate surface area is 115 Å². The summed E-state index contributed by atoms with van der Waals surface area (Å²) in [6.45, 7) is 4.11. The van der Waals surface area contributed by atoms with Crippen LogP contribution in [0.15, 0.2) is 40.9 Å². The normalized spacial score (nSPS) is 12.5. The summed E-state index contributed by atoms with van der Waals surface area (Å²) in [5.41, 5.74) is 10.4. The Bertz CT molecular complexity index is 560. The molecular weight excluding hydrogens is 293 g/mol. The molecule has 3 heteroatoms. The maximum absolute atomic E-state index is 13.4. The van der Waals surface area contributed by atoms with E-state index in [-0.39, 0.29) is 11.9 Å². The van der Waals surface area contributed by atoms with E-state index in [0.717, 1.165) is 11.1 Å². The van der Waals surface area contributed by atoms with Gasteiger partial charge in [-0.3, -0.25) is 0 Å². The average molecular weight is 308 g/mol. The number of hydrogen-bond donors (Lipinski definition) is 1. The van der Waals surface area contributed by atoms with Crippen LogP contribution in [0.3, 0.4) is 0 Å². The highest BCUT2D eigenvalue weighted by Crippen LogP contribution is 2.25. The second kappa shape index (κ2) is 5.21. The van der Waals surface area contributed by atoms with Crippen LogP contribution < -0.4 is 5.73 Å². The lowest BCUT2D eigenvalue weighted by atomic mass is 9.96. The van der Waals surface area contributed by atoms with Gasteiger partial charge in [-0.1, -0.05) is 34.1 Å². The van der Waals surface area contributed by atoms with Crippen molar-refractivity contribution in [3.8, 4) is 0 Å². The summed E-state index contributed by atoms with van der Waals surface area (Å²) in [5, 5.41) is 0. The fraction of sp³-hybridized carbons (Fsp3) is 0.200. The molecule has 0 heterocycles. The molecule has 0 aliphatic rings. The van der Waals surface area contributed by atoms with Crippen molar-refractivity contribution in [3.05, 3.63) is 68.9 Å². The Morgan fingerprint density at radius 3 is 2.33 bits per heavy atom.